The molecule has 0 saturated carbocycles. The van der Waals surface area contributed by atoms with Gasteiger partial charge >= 0.3 is 0 Å². The number of benzene rings is 2. The maximum atomic E-state index is 12.8. The van der Waals surface area contributed by atoms with Gasteiger partial charge in [-0.15, -0.1) is 0 Å². The zero-order chi connectivity index (χ0) is 17.9. The van der Waals surface area contributed by atoms with Crippen LogP contribution in [0.3, 0.4) is 0 Å². The first-order valence-corrected chi connectivity index (χ1v) is 7.70. The highest BCUT2D eigenvalue weighted by molar-refractivity contribution is 6.09. The van der Waals surface area contributed by atoms with E-state index in [0.29, 0.717) is 5.69 Å². The van der Waals surface area contributed by atoms with Crippen LogP contribution in [0, 0.1) is 17.0 Å². The molecule has 0 aliphatic rings. The molecule has 0 spiro atoms. The van der Waals surface area contributed by atoms with E-state index < -0.39 is 4.92 Å². The summed E-state index contributed by atoms with van der Waals surface area (Å²) in [7, 11) is 3.59. The van der Waals surface area contributed by atoms with E-state index in [9.17, 15) is 14.9 Å². The van der Waals surface area contributed by atoms with E-state index in [0.717, 1.165) is 23.2 Å². The Balaban J connectivity index is 2.46. The van der Waals surface area contributed by atoms with Crippen molar-refractivity contribution in [2.75, 3.05) is 24.3 Å². The molecule has 1 N–H and O–H groups in total. The molecule has 1 amide bonds. The first-order valence-electron chi connectivity index (χ1n) is 7.70. The standard InChI is InChI=1S/C18H21N3O3/c1-5-13-8-6-7-12(2)17(13)19-18(22)15-11-14(21(23)24)9-10-16(15)20(3)4/h6-11H,5H2,1-4H3,(H,19,22). The molecule has 0 unspecified atom stereocenters. The number of nitro groups is 1. The van der Waals surface area contributed by atoms with Gasteiger partial charge in [0.2, 0.25) is 0 Å². The normalized spacial score (nSPS) is 10.3. The van der Waals surface area contributed by atoms with Crippen molar-refractivity contribution in [1.82, 2.24) is 0 Å². The fourth-order valence-corrected chi connectivity index (χ4v) is 2.59. The molecule has 126 valence electrons. The highest BCUT2D eigenvalue weighted by atomic mass is 16.6. The summed E-state index contributed by atoms with van der Waals surface area (Å²) in [5.41, 5.74) is 3.55. The van der Waals surface area contributed by atoms with Gasteiger partial charge in [0.05, 0.1) is 10.5 Å². The first kappa shape index (κ1) is 17.5. The Kier molecular flexibility index (Phi) is 5.18. The lowest BCUT2D eigenvalue weighted by molar-refractivity contribution is -0.384. The minimum absolute atomic E-state index is 0.105. The maximum Gasteiger partial charge on any atom is 0.270 e. The largest absolute Gasteiger partial charge is 0.377 e. The quantitative estimate of drug-likeness (QED) is 0.670. The Labute approximate surface area is 141 Å². The SMILES string of the molecule is CCc1cccc(C)c1NC(=O)c1cc([N+](=O)[O-])ccc1N(C)C. The molecule has 0 radical (unpaired) electrons. The van der Waals surface area contributed by atoms with Crippen molar-refractivity contribution >= 4 is 23.0 Å². The molecule has 0 fully saturated rings. The van der Waals surface area contributed by atoms with E-state index in [-0.39, 0.29) is 17.2 Å². The van der Waals surface area contributed by atoms with Crippen molar-refractivity contribution in [2.24, 2.45) is 0 Å². The summed E-state index contributed by atoms with van der Waals surface area (Å²) in [5, 5.41) is 13.9. The number of nitrogens with zero attached hydrogens (tertiary/aromatic N) is 2. The van der Waals surface area contributed by atoms with Gasteiger partial charge in [0, 0.05) is 37.6 Å². The van der Waals surface area contributed by atoms with Crippen molar-refractivity contribution in [2.45, 2.75) is 20.3 Å². The van der Waals surface area contributed by atoms with E-state index in [1.54, 1.807) is 25.1 Å². The van der Waals surface area contributed by atoms with Crippen LogP contribution in [-0.2, 0) is 6.42 Å². The molecule has 0 heterocycles. The fourth-order valence-electron chi connectivity index (χ4n) is 2.59. The van der Waals surface area contributed by atoms with Crippen LogP contribution in [0.4, 0.5) is 17.1 Å². The summed E-state index contributed by atoms with van der Waals surface area (Å²) in [6.07, 6.45) is 0.784. The lowest BCUT2D eigenvalue weighted by Crippen LogP contribution is -2.19. The van der Waals surface area contributed by atoms with Gasteiger partial charge in [-0.2, -0.15) is 0 Å². The van der Waals surface area contributed by atoms with Gasteiger partial charge in [0.15, 0.2) is 0 Å². The molecule has 24 heavy (non-hydrogen) atoms. The second kappa shape index (κ2) is 7.12. The van der Waals surface area contributed by atoms with Crippen molar-refractivity contribution in [3.63, 3.8) is 0 Å². The molecule has 0 aliphatic heterocycles. The zero-order valence-corrected chi connectivity index (χ0v) is 14.3. The second-order valence-corrected chi connectivity index (χ2v) is 5.77. The summed E-state index contributed by atoms with van der Waals surface area (Å²) in [4.78, 5) is 25.1. The number of amides is 1. The van der Waals surface area contributed by atoms with Crippen LogP contribution < -0.4 is 10.2 Å². The van der Waals surface area contributed by atoms with E-state index in [1.165, 1.54) is 12.1 Å². The number of nitrogens with one attached hydrogen (secondary N) is 1. The predicted molar refractivity (Wildman–Crippen MR) is 95.9 cm³/mol. The number of hydrogen-bond acceptors (Lipinski definition) is 4. The summed E-state index contributed by atoms with van der Waals surface area (Å²) in [6.45, 7) is 3.94. The summed E-state index contributed by atoms with van der Waals surface area (Å²) in [5.74, 6) is -0.355. The Bertz CT molecular complexity index is 785. The molecule has 6 heteroatoms. The first-order chi connectivity index (χ1) is 11.3. The molecule has 6 nitrogen and oxygen atoms in total. The predicted octanol–water partition coefficient (Wildman–Crippen LogP) is 3.78. The van der Waals surface area contributed by atoms with E-state index in [2.05, 4.69) is 5.32 Å². The minimum Gasteiger partial charge on any atom is -0.377 e. The molecule has 0 saturated heterocycles. The van der Waals surface area contributed by atoms with Crippen LogP contribution >= 0.6 is 0 Å². The third-order valence-corrected chi connectivity index (χ3v) is 3.90. The molecule has 0 aromatic heterocycles. The second-order valence-electron chi connectivity index (χ2n) is 5.77. The Morgan fingerprint density at radius 3 is 2.54 bits per heavy atom. The Hall–Kier alpha value is -2.89. The number of carbonyl (C=O) groups is 1. The van der Waals surface area contributed by atoms with Crippen molar-refractivity contribution in [1.29, 1.82) is 0 Å². The van der Waals surface area contributed by atoms with Crippen LogP contribution in [0.15, 0.2) is 36.4 Å². The summed E-state index contributed by atoms with van der Waals surface area (Å²) in [6, 6.07) is 10.1. The van der Waals surface area contributed by atoms with Crippen LogP contribution in [0.5, 0.6) is 0 Å². The van der Waals surface area contributed by atoms with Crippen LogP contribution in [0.25, 0.3) is 0 Å². The summed E-state index contributed by atoms with van der Waals surface area (Å²) >= 11 is 0. The van der Waals surface area contributed by atoms with Gasteiger partial charge in [0.25, 0.3) is 11.6 Å². The molecular weight excluding hydrogens is 306 g/mol. The highest BCUT2D eigenvalue weighted by Gasteiger charge is 2.19. The molecule has 0 aliphatic carbocycles. The molecule has 2 aromatic carbocycles. The molecule has 2 aromatic rings. The van der Waals surface area contributed by atoms with Gasteiger partial charge in [-0.3, -0.25) is 14.9 Å². The van der Waals surface area contributed by atoms with Gasteiger partial charge in [-0.05, 0) is 30.5 Å². The number of hydrogen-bond donors (Lipinski definition) is 1. The Morgan fingerprint density at radius 2 is 1.96 bits per heavy atom. The number of carbonyl (C=O) groups excluding carboxylic acids is 1. The lowest BCUT2D eigenvalue weighted by Gasteiger charge is -2.18. The van der Waals surface area contributed by atoms with Crippen molar-refractivity contribution < 1.29 is 9.72 Å². The number of aryl methyl sites for hydroxylation is 2. The van der Waals surface area contributed by atoms with Gasteiger partial charge in [0.1, 0.15) is 0 Å². The lowest BCUT2D eigenvalue weighted by atomic mass is 10.0. The number of anilines is 2. The molecular formula is C18H21N3O3. The molecule has 2 rings (SSSR count). The topological polar surface area (TPSA) is 75.5 Å². The fraction of sp³-hybridized carbons (Fsp3) is 0.278. The number of para-hydroxylation sites is 1. The van der Waals surface area contributed by atoms with Gasteiger partial charge in [-0.1, -0.05) is 25.1 Å². The average molecular weight is 327 g/mol. The zero-order valence-electron chi connectivity index (χ0n) is 14.3. The highest BCUT2D eigenvalue weighted by Crippen LogP contribution is 2.27. The smallest absolute Gasteiger partial charge is 0.270 e. The number of non-ortho nitro benzene ring substituents is 1. The van der Waals surface area contributed by atoms with Crippen molar-refractivity contribution in [3.05, 3.63) is 63.2 Å². The van der Waals surface area contributed by atoms with Crippen LogP contribution in [-0.4, -0.2) is 24.9 Å². The number of rotatable bonds is 5. The average Bonchev–Trinajstić information content (AvgIpc) is 2.55. The van der Waals surface area contributed by atoms with E-state index in [4.69, 9.17) is 0 Å². The van der Waals surface area contributed by atoms with Crippen molar-refractivity contribution in [3.8, 4) is 0 Å². The van der Waals surface area contributed by atoms with E-state index >= 15 is 0 Å². The van der Waals surface area contributed by atoms with Gasteiger partial charge < -0.3 is 10.2 Å². The van der Waals surface area contributed by atoms with E-state index in [1.807, 2.05) is 32.0 Å². The van der Waals surface area contributed by atoms with Crippen LogP contribution in [0.1, 0.15) is 28.4 Å². The third kappa shape index (κ3) is 3.53. The molecule has 0 bridgehead atoms. The minimum atomic E-state index is -0.499. The van der Waals surface area contributed by atoms with Crippen LogP contribution in [0.2, 0.25) is 0 Å². The van der Waals surface area contributed by atoms with Gasteiger partial charge in [-0.25, -0.2) is 0 Å². The third-order valence-electron chi connectivity index (χ3n) is 3.90. The Morgan fingerprint density at radius 1 is 1.25 bits per heavy atom. The monoisotopic (exact) mass is 327 g/mol. The number of nitro benzene ring substituents is 1. The molecule has 0 atom stereocenters. The summed E-state index contributed by atoms with van der Waals surface area (Å²) < 4.78 is 0. The maximum absolute atomic E-state index is 12.8.